The fourth-order valence-electron chi connectivity index (χ4n) is 3.92. The molecule has 3 heterocycles. The number of para-hydroxylation sites is 1. The van der Waals surface area contributed by atoms with E-state index in [4.69, 9.17) is 18.9 Å². The van der Waals surface area contributed by atoms with Crippen LogP contribution in [0.2, 0.25) is 0 Å². The molecule has 2 atom stereocenters. The van der Waals surface area contributed by atoms with Crippen LogP contribution in [0.3, 0.4) is 0 Å². The maximum Gasteiger partial charge on any atom is 0.243 e. The average Bonchev–Trinajstić information content (AvgIpc) is 3.35. The highest BCUT2D eigenvalue weighted by Gasteiger charge is 2.34. The Morgan fingerprint density at radius 2 is 1.59 bits per heavy atom. The number of sulfonamides is 1. The molecule has 0 saturated carbocycles. The summed E-state index contributed by atoms with van der Waals surface area (Å²) < 4.78 is 53.3. The molecule has 4 rings (SSSR count). The smallest absolute Gasteiger partial charge is 0.243 e. The molecule has 1 N–H and O–H groups in total. The third-order valence-corrected chi connectivity index (χ3v) is 7.64. The van der Waals surface area contributed by atoms with Crippen molar-refractivity contribution in [3.05, 3.63) is 60.2 Å². The molecule has 0 saturated heterocycles. The second kappa shape index (κ2) is 11.6. The number of benzene rings is 1. The lowest BCUT2D eigenvalue weighted by Crippen LogP contribution is -2.33. The van der Waals surface area contributed by atoms with Crippen LogP contribution in [0, 0.1) is 6.92 Å². The van der Waals surface area contributed by atoms with Crippen molar-refractivity contribution in [3.63, 3.8) is 0 Å². The molecular formula is C25H29N7O6S. The minimum Gasteiger partial charge on any atom is -0.494 e. The first-order valence-electron chi connectivity index (χ1n) is 11.7. The summed E-state index contributed by atoms with van der Waals surface area (Å²) in [6.45, 7) is 3.29. The molecular weight excluding hydrogens is 526 g/mol. The van der Waals surface area contributed by atoms with E-state index in [2.05, 4.69) is 29.9 Å². The van der Waals surface area contributed by atoms with Gasteiger partial charge in [-0.15, -0.1) is 10.2 Å². The Bertz CT molecular complexity index is 1520. The van der Waals surface area contributed by atoms with Crippen molar-refractivity contribution in [2.75, 3.05) is 33.2 Å². The van der Waals surface area contributed by atoms with E-state index in [9.17, 15) is 8.42 Å². The molecule has 4 aromatic rings. The van der Waals surface area contributed by atoms with Crippen molar-refractivity contribution in [1.82, 2.24) is 29.7 Å². The van der Waals surface area contributed by atoms with Crippen molar-refractivity contribution in [1.29, 1.82) is 0 Å². The predicted octanol–water partition coefficient (Wildman–Crippen LogP) is 2.97. The van der Waals surface area contributed by atoms with Gasteiger partial charge in [-0.25, -0.2) is 13.4 Å². The largest absolute Gasteiger partial charge is 0.494 e. The summed E-state index contributed by atoms with van der Waals surface area (Å²) in [6.07, 6.45) is 2.13. The Morgan fingerprint density at radius 1 is 0.897 bits per heavy atom. The Kier molecular flexibility index (Phi) is 8.26. The van der Waals surface area contributed by atoms with Crippen LogP contribution in [0.4, 0.5) is 5.95 Å². The number of anilines is 1. The monoisotopic (exact) mass is 555 g/mol. The number of aromatic nitrogens is 6. The molecule has 0 spiro atoms. The molecule has 0 bridgehead atoms. The Labute approximate surface area is 226 Å². The van der Waals surface area contributed by atoms with Crippen molar-refractivity contribution in [3.8, 4) is 34.6 Å². The molecule has 1 aromatic carbocycles. The Balaban J connectivity index is 1.85. The quantitative estimate of drug-likeness (QED) is 0.291. The summed E-state index contributed by atoms with van der Waals surface area (Å²) >= 11 is 0. The van der Waals surface area contributed by atoms with E-state index >= 15 is 0 Å². The molecule has 0 radical (unpaired) electrons. The highest BCUT2D eigenvalue weighted by Crippen LogP contribution is 2.38. The van der Waals surface area contributed by atoms with Crippen molar-refractivity contribution in [2.24, 2.45) is 0 Å². The van der Waals surface area contributed by atoms with Gasteiger partial charge in [-0.05, 0) is 32.0 Å². The van der Waals surface area contributed by atoms with Crippen LogP contribution in [0.5, 0.6) is 17.4 Å². The third-order valence-electron chi connectivity index (χ3n) is 5.95. The number of pyridine rings is 1. The Hall–Kier alpha value is -4.30. The molecule has 0 aliphatic rings. The zero-order chi connectivity index (χ0) is 28.2. The highest BCUT2D eigenvalue weighted by molar-refractivity contribution is 7.93. The predicted molar refractivity (Wildman–Crippen MR) is 143 cm³/mol. The lowest BCUT2D eigenvalue weighted by Gasteiger charge is -2.23. The molecule has 0 unspecified atom stereocenters. The van der Waals surface area contributed by atoms with Crippen LogP contribution in [0.15, 0.2) is 48.8 Å². The average molecular weight is 556 g/mol. The maximum atomic E-state index is 13.7. The third kappa shape index (κ3) is 5.61. The van der Waals surface area contributed by atoms with Crippen molar-refractivity contribution < 1.29 is 27.4 Å². The lowest BCUT2D eigenvalue weighted by molar-refractivity contribution is 0.0985. The number of nitrogens with one attached hydrogen (secondary N) is 1. The number of aryl methyl sites for hydroxylation is 1. The number of hydrogen-bond acceptors (Lipinski definition) is 11. The molecule has 0 aliphatic heterocycles. The van der Waals surface area contributed by atoms with Gasteiger partial charge in [0.25, 0.3) is 0 Å². The second-order valence-electron chi connectivity index (χ2n) is 8.35. The minimum absolute atomic E-state index is 0.117. The van der Waals surface area contributed by atoms with Crippen LogP contribution in [0.25, 0.3) is 17.2 Å². The standard InChI is InChI=1S/C25H29N7O6S/c1-15-13-27-18(14-26-15)23(38-6)16(2)39(33,34)31-25-30-29-24(17-9-7-12-21(28-17)37-5)32(25)22-19(35-3)10-8-11-20(22)36-4/h7-14,16,23H,1-6H3,(H,30,31)/t16-,23+/m1/s1. The normalized spacial score (nSPS) is 13.0. The number of nitrogens with zero attached hydrogens (tertiary/aromatic N) is 6. The van der Waals surface area contributed by atoms with E-state index in [1.165, 1.54) is 46.1 Å². The van der Waals surface area contributed by atoms with Crippen molar-refractivity contribution in [2.45, 2.75) is 25.2 Å². The van der Waals surface area contributed by atoms with Crippen LogP contribution < -0.4 is 18.9 Å². The van der Waals surface area contributed by atoms with E-state index in [1.807, 2.05) is 0 Å². The van der Waals surface area contributed by atoms with Crippen LogP contribution in [-0.2, 0) is 14.8 Å². The van der Waals surface area contributed by atoms with E-state index in [0.29, 0.717) is 40.1 Å². The molecule has 0 amide bonds. The summed E-state index contributed by atoms with van der Waals surface area (Å²) in [5.41, 5.74) is 1.80. The first-order valence-corrected chi connectivity index (χ1v) is 13.3. The molecule has 3 aromatic heterocycles. The first-order chi connectivity index (χ1) is 18.7. The molecule has 206 valence electrons. The number of methoxy groups -OCH3 is 4. The van der Waals surface area contributed by atoms with Gasteiger partial charge in [0.05, 0.1) is 38.9 Å². The highest BCUT2D eigenvalue weighted by atomic mass is 32.2. The number of rotatable bonds is 11. The van der Waals surface area contributed by atoms with E-state index in [1.54, 1.807) is 49.5 Å². The summed E-state index contributed by atoms with van der Waals surface area (Å²) in [6, 6.07) is 10.3. The molecule has 39 heavy (non-hydrogen) atoms. The molecule has 0 fully saturated rings. The van der Waals surface area contributed by atoms with Gasteiger partial charge in [-0.1, -0.05) is 12.1 Å². The Morgan fingerprint density at radius 3 is 2.18 bits per heavy atom. The van der Waals surface area contributed by atoms with E-state index in [0.717, 1.165) is 0 Å². The van der Waals surface area contributed by atoms with E-state index in [-0.39, 0.29) is 11.8 Å². The van der Waals surface area contributed by atoms with Gasteiger partial charge in [0.1, 0.15) is 34.2 Å². The summed E-state index contributed by atoms with van der Waals surface area (Å²) in [5, 5.41) is 7.35. The fourth-order valence-corrected chi connectivity index (χ4v) is 5.07. The zero-order valence-electron chi connectivity index (χ0n) is 22.3. The lowest BCUT2D eigenvalue weighted by atomic mass is 10.2. The minimum atomic E-state index is -4.13. The SMILES string of the molecule is COc1cccc(-c2nnc(NS(=O)(=O)[C@H](C)[C@H](OC)c3cnc(C)cn3)n2-c2c(OC)cccc2OC)n1. The summed E-state index contributed by atoms with van der Waals surface area (Å²) in [7, 11) is 1.75. The molecule has 14 heteroatoms. The van der Waals surface area contributed by atoms with Crippen LogP contribution >= 0.6 is 0 Å². The van der Waals surface area contributed by atoms with Gasteiger partial charge in [0.2, 0.25) is 21.9 Å². The van der Waals surface area contributed by atoms with Gasteiger partial charge in [-0.2, -0.15) is 0 Å². The first kappa shape index (κ1) is 27.7. The van der Waals surface area contributed by atoms with E-state index < -0.39 is 21.4 Å². The van der Waals surface area contributed by atoms with Crippen LogP contribution in [0.1, 0.15) is 24.4 Å². The van der Waals surface area contributed by atoms with Crippen molar-refractivity contribution >= 4 is 16.0 Å². The van der Waals surface area contributed by atoms with Crippen LogP contribution in [-0.4, -0.2) is 71.8 Å². The summed E-state index contributed by atoms with van der Waals surface area (Å²) in [5.74, 6) is 1.21. The summed E-state index contributed by atoms with van der Waals surface area (Å²) in [4.78, 5) is 13.0. The zero-order valence-corrected chi connectivity index (χ0v) is 23.1. The topological polar surface area (TPSA) is 152 Å². The molecule has 0 aliphatic carbocycles. The fraction of sp³-hybridized carbons (Fsp3) is 0.320. The second-order valence-corrected chi connectivity index (χ2v) is 10.4. The van der Waals surface area contributed by atoms with Gasteiger partial charge in [-0.3, -0.25) is 19.3 Å². The number of ether oxygens (including phenoxy) is 4. The number of hydrogen-bond donors (Lipinski definition) is 1. The van der Waals surface area contributed by atoms with Gasteiger partial charge in [0.15, 0.2) is 5.82 Å². The molecule has 13 nitrogen and oxygen atoms in total. The van der Waals surface area contributed by atoms with Gasteiger partial charge >= 0.3 is 0 Å². The maximum absolute atomic E-state index is 13.7. The van der Waals surface area contributed by atoms with Gasteiger partial charge < -0.3 is 18.9 Å². The van der Waals surface area contributed by atoms with Gasteiger partial charge in [0, 0.05) is 19.4 Å².